The first-order valence-electron chi connectivity index (χ1n) is 14.4. The van der Waals surface area contributed by atoms with E-state index in [0.29, 0.717) is 0 Å². The first-order valence-corrected chi connectivity index (χ1v) is 14.4. The van der Waals surface area contributed by atoms with Crippen molar-refractivity contribution < 1.29 is 47.6 Å². The number of carbonyl (C=O) groups excluding carboxylic acids is 4. The lowest BCUT2D eigenvalue weighted by atomic mass is 9.97. The normalized spacial score (nSPS) is 21.8. The van der Waals surface area contributed by atoms with Gasteiger partial charge in [0, 0.05) is 38.4 Å². The Kier molecular flexibility index (Phi) is 9.37. The van der Waals surface area contributed by atoms with E-state index < -0.39 is 72.6 Å². The standard InChI is InChI=1S/C32H32N2O12/c1-16-13-34(31(39)33-29(16)38)30-28(45-19(4)37)27(44-18(3)36)26(43-17(2)35)25(46-30)15-42-32(40)41-14-24-22-11-7-5-9-20(22)21-10-6-8-12-23(21)24/h5-13,24-28,30H,14-15H2,1-4H3,(H,33,38,39)/t25-,26+,27+,28-,30-/m1/s1. The fourth-order valence-electron chi connectivity index (χ4n) is 5.79. The van der Waals surface area contributed by atoms with Crippen LogP contribution < -0.4 is 11.2 Å². The number of aromatic amines is 1. The van der Waals surface area contributed by atoms with Crippen molar-refractivity contribution >= 4 is 24.1 Å². The molecule has 0 saturated carbocycles. The van der Waals surface area contributed by atoms with Gasteiger partial charge in [0.1, 0.15) is 19.3 Å². The predicted molar refractivity (Wildman–Crippen MR) is 158 cm³/mol. The molecule has 1 aromatic heterocycles. The largest absolute Gasteiger partial charge is 0.508 e. The molecule has 1 aliphatic heterocycles. The second kappa shape index (κ2) is 13.4. The minimum absolute atomic E-state index is 0.0367. The van der Waals surface area contributed by atoms with Gasteiger partial charge in [-0.25, -0.2) is 9.59 Å². The van der Waals surface area contributed by atoms with E-state index in [-0.39, 0.29) is 18.1 Å². The molecule has 0 amide bonds. The quantitative estimate of drug-likeness (QED) is 0.283. The van der Waals surface area contributed by atoms with E-state index in [1.807, 2.05) is 48.5 Å². The molecule has 1 fully saturated rings. The molecule has 14 heteroatoms. The Labute approximate surface area is 262 Å². The maximum atomic E-state index is 12.9. The van der Waals surface area contributed by atoms with Crippen molar-refractivity contribution in [2.75, 3.05) is 13.2 Å². The topological polar surface area (TPSA) is 179 Å². The zero-order valence-corrected chi connectivity index (χ0v) is 25.4. The van der Waals surface area contributed by atoms with Crippen LogP contribution in [-0.2, 0) is 42.8 Å². The Morgan fingerprint density at radius 2 is 1.28 bits per heavy atom. The van der Waals surface area contributed by atoms with Crippen LogP contribution in [0.3, 0.4) is 0 Å². The fraction of sp³-hybridized carbons (Fsp3) is 0.375. The Balaban J connectivity index is 1.40. The van der Waals surface area contributed by atoms with Gasteiger partial charge in [0.05, 0.1) is 0 Å². The summed E-state index contributed by atoms with van der Waals surface area (Å²) >= 11 is 0. The van der Waals surface area contributed by atoms with Crippen molar-refractivity contribution in [2.45, 2.75) is 64.3 Å². The van der Waals surface area contributed by atoms with E-state index >= 15 is 0 Å². The molecule has 5 atom stereocenters. The van der Waals surface area contributed by atoms with E-state index in [1.165, 1.54) is 13.1 Å². The van der Waals surface area contributed by atoms with Gasteiger partial charge >= 0.3 is 29.8 Å². The molecule has 1 aliphatic carbocycles. The average Bonchev–Trinajstić information content (AvgIpc) is 3.32. The van der Waals surface area contributed by atoms with Crippen molar-refractivity contribution in [3.63, 3.8) is 0 Å². The van der Waals surface area contributed by atoms with Crippen LogP contribution in [0.2, 0.25) is 0 Å². The zero-order chi connectivity index (χ0) is 33.1. The number of hydrogen-bond acceptors (Lipinski definition) is 12. The van der Waals surface area contributed by atoms with Gasteiger partial charge in [-0.15, -0.1) is 0 Å². The maximum Gasteiger partial charge on any atom is 0.508 e. The lowest BCUT2D eigenvalue weighted by Gasteiger charge is -2.44. The van der Waals surface area contributed by atoms with E-state index in [4.69, 9.17) is 28.4 Å². The van der Waals surface area contributed by atoms with Gasteiger partial charge in [0.15, 0.2) is 24.5 Å². The van der Waals surface area contributed by atoms with Gasteiger partial charge in [-0.1, -0.05) is 48.5 Å². The predicted octanol–water partition coefficient (Wildman–Crippen LogP) is 2.50. The van der Waals surface area contributed by atoms with Crippen LogP contribution in [-0.4, -0.2) is 71.2 Å². The summed E-state index contributed by atoms with van der Waals surface area (Å²) in [6, 6.07) is 15.6. The highest BCUT2D eigenvalue weighted by atomic mass is 16.7. The minimum Gasteiger partial charge on any atom is -0.455 e. The number of aromatic nitrogens is 2. The monoisotopic (exact) mass is 636 g/mol. The summed E-state index contributed by atoms with van der Waals surface area (Å²) < 4.78 is 34.2. The number of esters is 3. The second-order valence-electron chi connectivity index (χ2n) is 10.9. The third kappa shape index (κ3) is 6.71. The summed E-state index contributed by atoms with van der Waals surface area (Å²) in [6.45, 7) is 4.06. The SMILES string of the molecule is CC(=O)O[C@@H]1[C@@H](OC(C)=O)[C@H](n2cc(C)c(=O)[nH]c2=O)O[C@H](COC(=O)OCC2c3ccccc3-c3ccccc32)[C@@H]1OC(C)=O. The van der Waals surface area contributed by atoms with Gasteiger partial charge in [0.25, 0.3) is 5.56 Å². The number of nitrogens with zero attached hydrogens (tertiary/aromatic N) is 1. The molecule has 242 valence electrons. The molecule has 2 aliphatic rings. The number of carbonyl (C=O) groups is 4. The Morgan fingerprint density at radius 1 is 0.761 bits per heavy atom. The highest BCUT2D eigenvalue weighted by molar-refractivity contribution is 5.79. The molecule has 3 aromatic rings. The van der Waals surface area contributed by atoms with Gasteiger partial charge < -0.3 is 28.4 Å². The van der Waals surface area contributed by atoms with E-state index in [2.05, 4.69) is 4.98 Å². The Bertz CT molecular complexity index is 1730. The molecule has 0 spiro atoms. The molecule has 1 N–H and O–H groups in total. The molecule has 0 radical (unpaired) electrons. The lowest BCUT2D eigenvalue weighted by molar-refractivity contribution is -0.268. The van der Waals surface area contributed by atoms with Crippen LogP contribution >= 0.6 is 0 Å². The van der Waals surface area contributed by atoms with Crippen molar-refractivity contribution in [1.82, 2.24) is 9.55 Å². The second-order valence-corrected chi connectivity index (χ2v) is 10.9. The van der Waals surface area contributed by atoms with Crippen molar-refractivity contribution in [3.8, 4) is 11.1 Å². The molecular formula is C32H32N2O12. The van der Waals surface area contributed by atoms with Crippen LogP contribution in [0, 0.1) is 6.92 Å². The van der Waals surface area contributed by atoms with Gasteiger partial charge in [0.2, 0.25) is 0 Å². The highest BCUT2D eigenvalue weighted by Gasteiger charge is 2.53. The summed E-state index contributed by atoms with van der Waals surface area (Å²) in [5, 5.41) is 0. The van der Waals surface area contributed by atoms with E-state index in [1.54, 1.807) is 0 Å². The summed E-state index contributed by atoms with van der Waals surface area (Å²) in [4.78, 5) is 76.4. The molecule has 46 heavy (non-hydrogen) atoms. The lowest BCUT2D eigenvalue weighted by Crippen LogP contribution is -2.61. The number of H-pyrrole nitrogens is 1. The molecule has 2 aromatic carbocycles. The fourth-order valence-corrected chi connectivity index (χ4v) is 5.79. The molecule has 1 saturated heterocycles. The van der Waals surface area contributed by atoms with Crippen LogP contribution in [0.25, 0.3) is 11.1 Å². The average molecular weight is 637 g/mol. The molecule has 2 heterocycles. The summed E-state index contributed by atoms with van der Waals surface area (Å²) in [6.07, 6.45) is -7.26. The van der Waals surface area contributed by atoms with Gasteiger partial charge in [-0.2, -0.15) is 0 Å². The number of rotatable bonds is 8. The van der Waals surface area contributed by atoms with E-state index in [9.17, 15) is 28.8 Å². The first-order chi connectivity index (χ1) is 21.9. The maximum absolute atomic E-state index is 12.9. The van der Waals surface area contributed by atoms with Crippen molar-refractivity contribution in [3.05, 3.63) is 92.3 Å². The Hall–Kier alpha value is -5.24. The van der Waals surface area contributed by atoms with Crippen molar-refractivity contribution in [1.29, 1.82) is 0 Å². The number of fused-ring (bicyclic) bond motifs is 3. The third-order valence-corrected chi connectivity index (χ3v) is 7.63. The smallest absolute Gasteiger partial charge is 0.455 e. The number of ether oxygens (including phenoxy) is 6. The highest BCUT2D eigenvalue weighted by Crippen LogP contribution is 2.44. The summed E-state index contributed by atoms with van der Waals surface area (Å²) in [5.41, 5.74) is 2.59. The van der Waals surface area contributed by atoms with Crippen LogP contribution in [0.5, 0.6) is 0 Å². The van der Waals surface area contributed by atoms with Gasteiger partial charge in [-0.05, 0) is 29.2 Å². The molecular weight excluding hydrogens is 604 g/mol. The number of hydrogen-bond donors (Lipinski definition) is 1. The summed E-state index contributed by atoms with van der Waals surface area (Å²) in [5.74, 6) is -2.72. The number of aryl methyl sites for hydroxylation is 1. The molecule has 0 bridgehead atoms. The van der Waals surface area contributed by atoms with Crippen LogP contribution in [0.4, 0.5) is 4.79 Å². The minimum atomic E-state index is -1.53. The molecule has 5 rings (SSSR count). The van der Waals surface area contributed by atoms with E-state index in [0.717, 1.165) is 47.6 Å². The van der Waals surface area contributed by atoms with Gasteiger partial charge in [-0.3, -0.25) is 28.7 Å². The Morgan fingerprint density at radius 3 is 1.87 bits per heavy atom. The van der Waals surface area contributed by atoms with Crippen LogP contribution in [0.15, 0.2) is 64.3 Å². The summed E-state index contributed by atoms with van der Waals surface area (Å²) in [7, 11) is 0. The zero-order valence-electron chi connectivity index (χ0n) is 25.4. The number of benzene rings is 2. The number of nitrogens with one attached hydrogen (secondary N) is 1. The molecule has 14 nitrogen and oxygen atoms in total. The third-order valence-electron chi connectivity index (χ3n) is 7.63. The van der Waals surface area contributed by atoms with Crippen LogP contribution in [0.1, 0.15) is 49.6 Å². The van der Waals surface area contributed by atoms with Crippen molar-refractivity contribution in [2.24, 2.45) is 0 Å². The molecule has 0 unspecified atom stereocenters. The first kappa shape index (κ1) is 32.2.